The summed E-state index contributed by atoms with van der Waals surface area (Å²) < 4.78 is 35.2. The van der Waals surface area contributed by atoms with Crippen LogP contribution in [0.25, 0.3) is 0 Å². The fraction of sp³-hybridized carbons (Fsp3) is 0.565. The molecule has 1 aromatic carbocycles. The number of nitrogens with zero attached hydrogens (tertiary/aromatic N) is 4. The molecule has 2 saturated heterocycles. The lowest BCUT2D eigenvalue weighted by molar-refractivity contribution is 0.0135. The molecule has 9 heteroatoms. The van der Waals surface area contributed by atoms with Crippen molar-refractivity contribution >= 4 is 16.1 Å². The van der Waals surface area contributed by atoms with Crippen molar-refractivity contribution < 1.29 is 17.9 Å². The number of ether oxygens (including phenoxy) is 1. The van der Waals surface area contributed by atoms with Crippen LogP contribution in [0.3, 0.4) is 0 Å². The van der Waals surface area contributed by atoms with Gasteiger partial charge in [0.25, 0.3) is 0 Å². The maximum absolute atomic E-state index is 13.1. The molecule has 1 aromatic heterocycles. The molecular formula is C23H32N4O4S. The maximum Gasteiger partial charge on any atom is 0.410 e. The van der Waals surface area contributed by atoms with E-state index in [1.165, 1.54) is 10.5 Å². The fourth-order valence-electron chi connectivity index (χ4n) is 4.30. The molecule has 0 unspecified atom stereocenters. The van der Waals surface area contributed by atoms with E-state index in [0.717, 1.165) is 25.1 Å². The number of hydrogen-bond acceptors (Lipinski definition) is 5. The van der Waals surface area contributed by atoms with Crippen LogP contribution in [0.2, 0.25) is 0 Å². The summed E-state index contributed by atoms with van der Waals surface area (Å²) in [5.74, 6) is 0.285. The van der Waals surface area contributed by atoms with E-state index >= 15 is 0 Å². The summed E-state index contributed by atoms with van der Waals surface area (Å²) in [5, 5.41) is -0.546. The van der Waals surface area contributed by atoms with Gasteiger partial charge in [-0.3, -0.25) is 0 Å². The van der Waals surface area contributed by atoms with Crippen molar-refractivity contribution in [2.75, 3.05) is 26.2 Å². The van der Waals surface area contributed by atoms with E-state index < -0.39 is 27.0 Å². The van der Waals surface area contributed by atoms with E-state index in [2.05, 4.69) is 21.7 Å². The summed E-state index contributed by atoms with van der Waals surface area (Å²) in [6, 6.07) is 10.2. The zero-order valence-corrected chi connectivity index (χ0v) is 19.8. The number of carbonyl (C=O) groups excluding carboxylic acids is 1. The van der Waals surface area contributed by atoms with Gasteiger partial charge >= 0.3 is 6.09 Å². The van der Waals surface area contributed by atoms with Crippen LogP contribution in [0.5, 0.6) is 0 Å². The summed E-state index contributed by atoms with van der Waals surface area (Å²) in [6.07, 6.45) is 4.84. The van der Waals surface area contributed by atoms with Crippen molar-refractivity contribution in [1.29, 1.82) is 0 Å². The third-order valence-electron chi connectivity index (χ3n) is 6.09. The standard InChI is InChI=1S/C23H32N4O4S/c1-23(2,3)31-22(28)25-15-20(16-25)32(29,30)27-11-9-19(10-12-27)21-13-24-17-26(21)14-18-7-5-4-6-8-18/h4-8,13,17,19-20H,9-12,14-16H2,1-3H3. The molecule has 3 heterocycles. The number of aromatic nitrogens is 2. The Bertz CT molecular complexity index is 1030. The van der Waals surface area contributed by atoms with Crippen LogP contribution in [0, 0.1) is 0 Å². The third-order valence-corrected chi connectivity index (χ3v) is 8.32. The number of likely N-dealkylation sites (tertiary alicyclic amines) is 1. The lowest BCUT2D eigenvalue weighted by Crippen LogP contribution is -2.61. The average molecular weight is 461 g/mol. The molecule has 2 aliphatic heterocycles. The van der Waals surface area contributed by atoms with Gasteiger partial charge in [0.2, 0.25) is 10.0 Å². The van der Waals surface area contributed by atoms with Crippen molar-refractivity contribution in [3.63, 3.8) is 0 Å². The molecule has 2 aliphatic rings. The molecule has 4 rings (SSSR count). The second-order valence-corrected chi connectivity index (χ2v) is 11.9. The monoisotopic (exact) mass is 460 g/mol. The van der Waals surface area contributed by atoms with Crippen LogP contribution in [-0.2, 0) is 21.3 Å². The summed E-state index contributed by atoms with van der Waals surface area (Å²) in [5.41, 5.74) is 1.78. The number of piperidine rings is 1. The Labute approximate surface area is 190 Å². The van der Waals surface area contributed by atoms with Crippen molar-refractivity contribution in [3.8, 4) is 0 Å². The third kappa shape index (κ3) is 4.99. The largest absolute Gasteiger partial charge is 0.444 e. The second kappa shape index (κ2) is 8.86. The van der Waals surface area contributed by atoms with Gasteiger partial charge in [-0.2, -0.15) is 0 Å². The topological polar surface area (TPSA) is 84.7 Å². The molecule has 174 valence electrons. The van der Waals surface area contributed by atoms with Crippen LogP contribution < -0.4 is 0 Å². The minimum Gasteiger partial charge on any atom is -0.444 e. The minimum absolute atomic E-state index is 0.195. The molecule has 1 amide bonds. The quantitative estimate of drug-likeness (QED) is 0.685. The van der Waals surface area contributed by atoms with Gasteiger partial charge in [0.05, 0.1) is 6.33 Å². The smallest absolute Gasteiger partial charge is 0.410 e. The molecular weight excluding hydrogens is 428 g/mol. The number of rotatable bonds is 5. The first-order chi connectivity index (χ1) is 15.1. The van der Waals surface area contributed by atoms with Crippen molar-refractivity contribution in [2.45, 2.75) is 56.9 Å². The van der Waals surface area contributed by atoms with E-state index in [1.807, 2.05) is 30.7 Å². The van der Waals surface area contributed by atoms with Crippen LogP contribution in [0.15, 0.2) is 42.9 Å². The molecule has 0 bridgehead atoms. The number of imidazole rings is 1. The first-order valence-corrected chi connectivity index (χ1v) is 12.6. The molecule has 0 N–H and O–H groups in total. The highest BCUT2D eigenvalue weighted by atomic mass is 32.2. The molecule has 0 saturated carbocycles. The summed E-state index contributed by atoms with van der Waals surface area (Å²) >= 11 is 0. The Kier molecular flexibility index (Phi) is 6.31. The van der Waals surface area contributed by atoms with E-state index in [1.54, 1.807) is 25.1 Å². The molecule has 2 fully saturated rings. The summed E-state index contributed by atoms with van der Waals surface area (Å²) in [7, 11) is -3.42. The van der Waals surface area contributed by atoms with E-state index in [9.17, 15) is 13.2 Å². The predicted molar refractivity (Wildman–Crippen MR) is 122 cm³/mol. The summed E-state index contributed by atoms with van der Waals surface area (Å²) in [4.78, 5) is 17.9. The zero-order chi connectivity index (χ0) is 22.9. The highest BCUT2D eigenvalue weighted by molar-refractivity contribution is 7.89. The first kappa shape index (κ1) is 22.8. The second-order valence-electron chi connectivity index (χ2n) is 9.66. The van der Waals surface area contributed by atoms with Gasteiger partial charge in [-0.1, -0.05) is 30.3 Å². The Morgan fingerprint density at radius 2 is 1.78 bits per heavy atom. The Morgan fingerprint density at radius 3 is 2.41 bits per heavy atom. The van der Waals surface area contributed by atoms with E-state index in [-0.39, 0.29) is 19.0 Å². The van der Waals surface area contributed by atoms with Crippen molar-refractivity contribution in [1.82, 2.24) is 18.8 Å². The number of benzene rings is 1. The molecule has 32 heavy (non-hydrogen) atoms. The van der Waals surface area contributed by atoms with Gasteiger partial charge in [0.1, 0.15) is 10.9 Å². The lowest BCUT2D eigenvalue weighted by Gasteiger charge is -2.42. The van der Waals surface area contributed by atoms with Gasteiger partial charge in [0.15, 0.2) is 0 Å². The van der Waals surface area contributed by atoms with Crippen molar-refractivity contribution in [3.05, 3.63) is 54.1 Å². The van der Waals surface area contributed by atoms with E-state index in [0.29, 0.717) is 13.1 Å². The predicted octanol–water partition coefficient (Wildman–Crippen LogP) is 3.06. The molecule has 0 radical (unpaired) electrons. The molecule has 0 aliphatic carbocycles. The normalized spacial score (nSPS) is 19.0. The van der Waals surface area contributed by atoms with Gasteiger partial charge in [0, 0.05) is 50.5 Å². The molecule has 2 aromatic rings. The van der Waals surface area contributed by atoms with Gasteiger partial charge in [-0.05, 0) is 39.2 Å². The van der Waals surface area contributed by atoms with E-state index in [4.69, 9.17) is 4.74 Å². The van der Waals surface area contributed by atoms with Crippen LogP contribution in [-0.4, -0.2) is 70.3 Å². The number of sulfonamides is 1. The summed E-state index contributed by atoms with van der Waals surface area (Å²) in [6.45, 7) is 7.54. The van der Waals surface area contributed by atoms with Crippen LogP contribution in [0.4, 0.5) is 4.79 Å². The SMILES string of the molecule is CC(C)(C)OC(=O)N1CC(S(=O)(=O)N2CCC(c3cncn3Cc3ccccc3)CC2)C1. The van der Waals surface area contributed by atoms with Gasteiger partial charge in [-0.15, -0.1) is 0 Å². The Balaban J connectivity index is 1.32. The minimum atomic E-state index is -3.42. The number of hydrogen-bond donors (Lipinski definition) is 0. The molecule has 0 spiro atoms. The number of carbonyl (C=O) groups is 1. The van der Waals surface area contributed by atoms with Crippen LogP contribution >= 0.6 is 0 Å². The molecule has 0 atom stereocenters. The Hall–Kier alpha value is -2.39. The highest BCUT2D eigenvalue weighted by Gasteiger charge is 2.45. The highest BCUT2D eigenvalue weighted by Crippen LogP contribution is 2.31. The van der Waals surface area contributed by atoms with Crippen molar-refractivity contribution in [2.24, 2.45) is 0 Å². The number of amides is 1. The fourth-order valence-corrected chi connectivity index (χ4v) is 6.18. The van der Waals surface area contributed by atoms with Gasteiger partial charge in [-0.25, -0.2) is 22.5 Å². The zero-order valence-electron chi connectivity index (χ0n) is 19.0. The van der Waals surface area contributed by atoms with Gasteiger partial charge < -0.3 is 14.2 Å². The average Bonchev–Trinajstić information content (AvgIpc) is 3.14. The lowest BCUT2D eigenvalue weighted by atomic mass is 9.95. The first-order valence-electron chi connectivity index (χ1n) is 11.1. The molecule has 8 nitrogen and oxygen atoms in total. The van der Waals surface area contributed by atoms with Crippen LogP contribution in [0.1, 0.15) is 50.8 Å². The maximum atomic E-state index is 13.1. The Morgan fingerprint density at radius 1 is 1.12 bits per heavy atom.